The van der Waals surface area contributed by atoms with Crippen molar-refractivity contribution in [1.82, 2.24) is 25.3 Å². The van der Waals surface area contributed by atoms with E-state index in [4.69, 9.17) is 23.7 Å². The van der Waals surface area contributed by atoms with Gasteiger partial charge in [-0.2, -0.15) is 0 Å². The molecular weight excluding hydrogens is 674 g/mol. The van der Waals surface area contributed by atoms with E-state index in [2.05, 4.69) is 22.5 Å². The zero-order chi connectivity index (χ0) is 38.7. The first-order chi connectivity index (χ1) is 24.3. The van der Waals surface area contributed by atoms with Gasteiger partial charge < -0.3 is 49.2 Å². The largest absolute Gasteiger partial charge is 0.458 e. The van der Waals surface area contributed by atoms with Gasteiger partial charge >= 0.3 is 12.1 Å². The Hall–Kier alpha value is -2.40. The lowest BCUT2D eigenvalue weighted by Gasteiger charge is -2.47. The molecule has 0 aromatic heterocycles. The number of amides is 2. The molecule has 4 rings (SSSR count). The number of carbonyl (C=O) groups is 4. The van der Waals surface area contributed by atoms with Gasteiger partial charge in [0.2, 0.25) is 5.91 Å². The second kappa shape index (κ2) is 17.4. The van der Waals surface area contributed by atoms with Gasteiger partial charge in [0.05, 0.1) is 30.4 Å². The number of fused-ring (bicyclic) bond motifs is 1. The summed E-state index contributed by atoms with van der Waals surface area (Å²) in [5.74, 6) is -2.08. The molecule has 4 fully saturated rings. The minimum Gasteiger partial charge on any atom is -0.458 e. The van der Waals surface area contributed by atoms with Crippen molar-refractivity contribution >= 4 is 23.8 Å². The third-order valence-electron chi connectivity index (χ3n) is 11.8. The maximum Gasteiger partial charge on any atom is 0.408 e. The van der Waals surface area contributed by atoms with E-state index in [1.807, 2.05) is 46.8 Å². The summed E-state index contributed by atoms with van der Waals surface area (Å²) in [6.45, 7) is 12.3. The quantitative estimate of drug-likeness (QED) is 0.218. The van der Waals surface area contributed by atoms with Crippen molar-refractivity contribution in [3.05, 3.63) is 0 Å². The molecule has 0 bridgehead atoms. The summed E-state index contributed by atoms with van der Waals surface area (Å²) in [4.78, 5) is 58.6. The molecule has 52 heavy (non-hydrogen) atoms. The maximum absolute atomic E-state index is 14.0. The Bertz CT molecular complexity index is 1270. The van der Waals surface area contributed by atoms with Crippen LogP contribution in [0, 0.1) is 11.8 Å². The third kappa shape index (κ3) is 9.82. The van der Waals surface area contributed by atoms with E-state index in [1.165, 1.54) is 0 Å². The topological polar surface area (TPSA) is 168 Å². The van der Waals surface area contributed by atoms with E-state index in [9.17, 15) is 24.3 Å². The predicted octanol–water partition coefficient (Wildman–Crippen LogP) is 1.54. The number of esters is 1. The first-order valence-corrected chi connectivity index (χ1v) is 18.9. The van der Waals surface area contributed by atoms with Gasteiger partial charge in [-0.05, 0) is 86.5 Å². The average molecular weight is 740 g/mol. The lowest BCUT2D eigenvalue weighted by molar-refractivity contribution is -0.298. The van der Waals surface area contributed by atoms with Crippen molar-refractivity contribution in [3.63, 3.8) is 0 Å². The molecule has 4 aliphatic rings. The number of nitrogens with one attached hydrogen (secondary N) is 2. The van der Waals surface area contributed by atoms with Crippen LogP contribution >= 0.6 is 0 Å². The number of likely N-dealkylation sites (N-methyl/N-ethyl adjacent to an activating group) is 3. The number of nitrogens with zero attached hydrogens (tertiary/aromatic N) is 3. The number of ketones is 1. The van der Waals surface area contributed by atoms with Crippen molar-refractivity contribution in [3.8, 4) is 0 Å². The Morgan fingerprint density at radius 3 is 2.35 bits per heavy atom. The van der Waals surface area contributed by atoms with E-state index in [-0.39, 0.29) is 23.9 Å². The molecule has 0 aromatic carbocycles. The Balaban J connectivity index is 1.61. The number of aliphatic hydroxyl groups excluding tert-OH is 1. The van der Waals surface area contributed by atoms with Crippen LogP contribution in [0.25, 0.3) is 0 Å². The fourth-order valence-electron chi connectivity index (χ4n) is 8.30. The van der Waals surface area contributed by atoms with Crippen LogP contribution in [-0.2, 0) is 38.1 Å². The summed E-state index contributed by atoms with van der Waals surface area (Å²) in [5.41, 5.74) is -2.24. The highest BCUT2D eigenvalue weighted by molar-refractivity contribution is 5.97. The van der Waals surface area contributed by atoms with Crippen molar-refractivity contribution in [2.24, 2.45) is 11.8 Å². The molecule has 1 saturated carbocycles. The minimum absolute atomic E-state index is 0.0111. The molecule has 0 radical (unpaired) electrons. The molecule has 15 nitrogen and oxygen atoms in total. The van der Waals surface area contributed by atoms with Crippen LogP contribution < -0.4 is 10.6 Å². The van der Waals surface area contributed by atoms with E-state index in [0.29, 0.717) is 44.9 Å². The number of hydrogen-bond donors (Lipinski definition) is 3. The molecule has 12 atom stereocenters. The van der Waals surface area contributed by atoms with E-state index >= 15 is 0 Å². The van der Waals surface area contributed by atoms with Crippen LogP contribution in [0.4, 0.5) is 4.79 Å². The van der Waals surface area contributed by atoms with Gasteiger partial charge in [-0.25, -0.2) is 4.79 Å². The van der Waals surface area contributed by atoms with Gasteiger partial charge in [0.25, 0.3) is 0 Å². The Morgan fingerprint density at radius 1 is 1.08 bits per heavy atom. The molecule has 298 valence electrons. The normalized spacial score (nSPS) is 39.6. The van der Waals surface area contributed by atoms with Crippen LogP contribution in [-0.4, -0.2) is 165 Å². The van der Waals surface area contributed by atoms with Gasteiger partial charge in [0.15, 0.2) is 11.9 Å². The SMILES string of the molecule is CC[C@H]1OC(=O)CC(=O)[C@H](C)[C@@H](O[C@@H]2O[C@H](CN(C)C(=O)CN(C)C3CC3)CC(N(C)C)[C@H]2O)[C@](C)(OC)C[C@@H](C)CN[C@H](C)[C@H]2NC(=O)O[C@@]21C. The number of alkyl carbamates (subject to hydrolysis) is 1. The number of aliphatic hydroxyl groups is 1. The summed E-state index contributed by atoms with van der Waals surface area (Å²) >= 11 is 0. The van der Waals surface area contributed by atoms with Crippen molar-refractivity contribution in [2.75, 3.05) is 54.9 Å². The molecule has 1 unspecified atom stereocenters. The van der Waals surface area contributed by atoms with E-state index < -0.39 is 78.1 Å². The fourth-order valence-corrected chi connectivity index (χ4v) is 8.30. The van der Waals surface area contributed by atoms with E-state index in [0.717, 1.165) is 12.8 Å². The highest BCUT2D eigenvalue weighted by Crippen LogP contribution is 2.37. The van der Waals surface area contributed by atoms with Gasteiger partial charge in [0.1, 0.15) is 24.4 Å². The van der Waals surface area contributed by atoms with Gasteiger partial charge in [-0.1, -0.05) is 20.8 Å². The van der Waals surface area contributed by atoms with Crippen LogP contribution in [0.3, 0.4) is 0 Å². The zero-order valence-electron chi connectivity index (χ0n) is 33.2. The molecule has 0 spiro atoms. The number of hydrogen-bond acceptors (Lipinski definition) is 13. The third-order valence-corrected chi connectivity index (χ3v) is 11.8. The molecule has 3 saturated heterocycles. The Kier molecular flexibility index (Phi) is 14.2. The first kappa shape index (κ1) is 42.3. The van der Waals surface area contributed by atoms with Crippen LogP contribution in [0.1, 0.15) is 80.1 Å². The summed E-state index contributed by atoms with van der Waals surface area (Å²) in [7, 11) is 9.03. The molecule has 3 aliphatic heterocycles. The number of carbonyl (C=O) groups excluding carboxylic acids is 4. The summed E-state index contributed by atoms with van der Waals surface area (Å²) in [6.07, 6.45) is -2.13. The molecule has 3 N–H and O–H groups in total. The number of Topliss-reactive ketones (excluding diaryl/α,β-unsaturated/α-hetero) is 1. The van der Waals surface area contributed by atoms with Gasteiger partial charge in [-0.15, -0.1) is 0 Å². The molecular formula is C37H65N5O10. The zero-order valence-corrected chi connectivity index (χ0v) is 33.2. The minimum atomic E-state index is -1.17. The first-order valence-electron chi connectivity index (χ1n) is 18.9. The van der Waals surface area contributed by atoms with Crippen LogP contribution in [0.5, 0.6) is 0 Å². The molecule has 15 heteroatoms. The molecule has 0 aromatic rings. The molecule has 2 amide bonds. The second-order valence-electron chi connectivity index (χ2n) is 16.4. The van der Waals surface area contributed by atoms with Gasteiger partial charge in [-0.3, -0.25) is 19.3 Å². The van der Waals surface area contributed by atoms with Crippen molar-refractivity contribution < 1.29 is 48.0 Å². The monoisotopic (exact) mass is 739 g/mol. The lowest BCUT2D eigenvalue weighted by Crippen LogP contribution is -2.60. The summed E-state index contributed by atoms with van der Waals surface area (Å²) in [6, 6.07) is -0.680. The average Bonchev–Trinajstić information content (AvgIpc) is 3.88. The highest BCUT2D eigenvalue weighted by atomic mass is 16.7. The molecule has 1 aliphatic carbocycles. The summed E-state index contributed by atoms with van der Waals surface area (Å²) < 4.78 is 31.0. The van der Waals surface area contributed by atoms with E-state index in [1.54, 1.807) is 32.9 Å². The highest BCUT2D eigenvalue weighted by Gasteiger charge is 2.55. The van der Waals surface area contributed by atoms with Crippen LogP contribution in [0.15, 0.2) is 0 Å². The summed E-state index contributed by atoms with van der Waals surface area (Å²) in [5, 5.41) is 18.1. The number of rotatable bonds is 10. The number of ether oxygens (including phenoxy) is 5. The Labute approximate surface area is 309 Å². The fraction of sp³-hybridized carbons (Fsp3) is 0.892. The Morgan fingerprint density at radius 2 is 1.75 bits per heavy atom. The van der Waals surface area contributed by atoms with Crippen molar-refractivity contribution in [1.29, 1.82) is 0 Å². The van der Waals surface area contributed by atoms with Crippen LogP contribution in [0.2, 0.25) is 0 Å². The maximum atomic E-state index is 14.0. The number of methoxy groups -OCH3 is 1. The standard InChI is InChI=1S/C37H65N5O10/c1-12-28-37(6)32(39-35(47)52-37)23(4)38-18-21(2)17-36(5,48-11)33(22(3)27(43)16-30(45)50-28)51-34-31(46)26(40(7)8)15-25(49-34)19-42(10)29(44)20-41(9)24-13-14-24/h21-26,28,31-34,38,46H,12-20H2,1-11H3,(H,39,47)/t21-,22+,23-,25+,26?,28-,31-,32-,33-,34+,36-,37-/m1/s1. The number of cyclic esters (lactones) is 1. The van der Waals surface area contributed by atoms with Gasteiger partial charge in [0, 0.05) is 44.7 Å². The predicted molar refractivity (Wildman–Crippen MR) is 192 cm³/mol. The van der Waals surface area contributed by atoms with Crippen molar-refractivity contribution in [2.45, 2.75) is 146 Å². The smallest absolute Gasteiger partial charge is 0.408 e. The second-order valence-corrected chi connectivity index (χ2v) is 16.4. The lowest BCUT2D eigenvalue weighted by atomic mass is 9.80. The molecule has 3 heterocycles.